The molecule has 0 radical (unpaired) electrons. The van der Waals surface area contributed by atoms with Crippen LogP contribution >= 0.6 is 0 Å². The lowest BCUT2D eigenvalue weighted by Crippen LogP contribution is -2.43. The molecule has 1 aromatic rings. The number of hydrogen-bond acceptors (Lipinski definition) is 4. The van der Waals surface area contributed by atoms with Gasteiger partial charge in [-0.2, -0.15) is 0 Å². The van der Waals surface area contributed by atoms with Crippen LogP contribution in [0.1, 0.15) is 61.5 Å². The van der Waals surface area contributed by atoms with Gasteiger partial charge in [-0.1, -0.05) is 6.07 Å². The zero-order valence-electron chi connectivity index (χ0n) is 16.5. The Bertz CT molecular complexity index is 703. The van der Waals surface area contributed by atoms with Crippen molar-refractivity contribution in [3.05, 3.63) is 34.9 Å². The summed E-state index contributed by atoms with van der Waals surface area (Å²) in [5.74, 6) is 0.698. The number of ether oxygens (including phenoxy) is 1. The molecule has 2 aliphatic rings. The van der Waals surface area contributed by atoms with Crippen LogP contribution in [0.2, 0.25) is 0 Å². The number of rotatable bonds is 2. The summed E-state index contributed by atoms with van der Waals surface area (Å²) in [6.45, 7) is 7.17. The highest BCUT2D eigenvalue weighted by Crippen LogP contribution is 2.36. The number of fused-ring (bicyclic) bond motifs is 1. The number of carbonyl (C=O) groups is 2. The summed E-state index contributed by atoms with van der Waals surface area (Å²) >= 11 is 0. The van der Waals surface area contributed by atoms with Gasteiger partial charge in [0.15, 0.2) is 0 Å². The number of benzene rings is 1. The number of hydroxylamine groups is 1. The Kier molecular flexibility index (Phi) is 5.75. The van der Waals surface area contributed by atoms with Gasteiger partial charge in [0.05, 0.1) is 0 Å². The molecule has 6 nitrogen and oxygen atoms in total. The number of hydrogen-bond donors (Lipinski definition) is 2. The molecule has 27 heavy (non-hydrogen) atoms. The van der Waals surface area contributed by atoms with Gasteiger partial charge in [0.1, 0.15) is 5.60 Å². The topological polar surface area (TPSA) is 78.9 Å². The molecule has 3 rings (SSSR count). The van der Waals surface area contributed by atoms with Crippen molar-refractivity contribution in [2.45, 2.75) is 58.5 Å². The molecule has 148 valence electrons. The lowest BCUT2D eigenvalue weighted by Gasteiger charge is -2.38. The number of nitrogens with one attached hydrogen (secondary N) is 1. The lowest BCUT2D eigenvalue weighted by atomic mass is 9.73. The molecule has 6 heteroatoms. The molecule has 1 atom stereocenters. The fraction of sp³-hybridized carbons (Fsp3) is 0.619. The minimum Gasteiger partial charge on any atom is -0.444 e. The number of piperidine rings is 1. The molecule has 2 N–H and O–H groups in total. The molecular weight excluding hydrogens is 344 g/mol. The molecule has 1 fully saturated rings. The van der Waals surface area contributed by atoms with Crippen LogP contribution in [0.3, 0.4) is 0 Å². The number of carbonyl (C=O) groups excluding carboxylic acids is 2. The third-order valence-electron chi connectivity index (χ3n) is 5.69. The number of aryl methyl sites for hydroxylation is 1. The van der Waals surface area contributed by atoms with Gasteiger partial charge in [-0.05, 0) is 88.0 Å². The molecule has 1 unspecified atom stereocenters. The van der Waals surface area contributed by atoms with E-state index in [1.54, 1.807) is 11.5 Å². The van der Waals surface area contributed by atoms with Crippen LogP contribution in [0.25, 0.3) is 0 Å². The van der Waals surface area contributed by atoms with E-state index in [-0.39, 0.29) is 6.09 Å². The molecule has 0 aromatic heterocycles. The minimum absolute atomic E-state index is 0.213. The predicted octanol–water partition coefficient (Wildman–Crippen LogP) is 3.56. The van der Waals surface area contributed by atoms with Crippen molar-refractivity contribution in [3.63, 3.8) is 0 Å². The maximum atomic E-state index is 12.2. The fourth-order valence-corrected chi connectivity index (χ4v) is 4.27. The highest BCUT2D eigenvalue weighted by molar-refractivity contribution is 5.93. The van der Waals surface area contributed by atoms with E-state index < -0.39 is 11.5 Å². The van der Waals surface area contributed by atoms with Gasteiger partial charge in [0.2, 0.25) is 0 Å². The van der Waals surface area contributed by atoms with E-state index in [1.807, 2.05) is 37.8 Å². The average Bonchev–Trinajstić information content (AvgIpc) is 2.65. The third-order valence-corrected chi connectivity index (χ3v) is 5.69. The average molecular weight is 374 g/mol. The normalized spacial score (nSPS) is 20.7. The summed E-state index contributed by atoms with van der Waals surface area (Å²) in [5.41, 5.74) is 4.25. The van der Waals surface area contributed by atoms with Crippen molar-refractivity contribution in [2.24, 2.45) is 11.8 Å². The molecule has 0 saturated carbocycles. The minimum atomic E-state index is -0.467. The van der Waals surface area contributed by atoms with Gasteiger partial charge >= 0.3 is 6.09 Å². The van der Waals surface area contributed by atoms with Gasteiger partial charge in [-0.25, -0.2) is 10.3 Å². The van der Waals surface area contributed by atoms with Gasteiger partial charge in [0, 0.05) is 18.7 Å². The Labute approximate surface area is 160 Å². The monoisotopic (exact) mass is 374 g/mol. The van der Waals surface area contributed by atoms with Gasteiger partial charge < -0.3 is 9.64 Å². The van der Waals surface area contributed by atoms with Crippen LogP contribution in [0.15, 0.2) is 18.2 Å². The summed E-state index contributed by atoms with van der Waals surface area (Å²) in [7, 11) is 0. The molecule has 2 amide bonds. The molecule has 1 aliphatic heterocycles. The SMILES string of the molecule is CC(C)(C)OC(=O)N1CCC(C2CCc3ccc(C(=O)NO)cc3C2)CC1. The van der Waals surface area contributed by atoms with Crippen LogP contribution in [0.5, 0.6) is 0 Å². The first kappa shape index (κ1) is 19.7. The largest absolute Gasteiger partial charge is 0.444 e. The number of likely N-dealkylation sites (tertiary alicyclic amines) is 1. The first-order valence-electron chi connectivity index (χ1n) is 9.81. The second kappa shape index (κ2) is 7.89. The summed E-state index contributed by atoms with van der Waals surface area (Å²) in [5, 5.41) is 8.85. The van der Waals surface area contributed by atoms with E-state index in [1.165, 1.54) is 11.1 Å². The fourth-order valence-electron chi connectivity index (χ4n) is 4.27. The summed E-state index contributed by atoms with van der Waals surface area (Å²) < 4.78 is 5.48. The van der Waals surface area contributed by atoms with E-state index >= 15 is 0 Å². The van der Waals surface area contributed by atoms with Crippen LogP contribution < -0.4 is 5.48 Å². The molecule has 1 aliphatic carbocycles. The lowest BCUT2D eigenvalue weighted by molar-refractivity contribution is 0.0155. The van der Waals surface area contributed by atoms with Crippen LogP contribution in [-0.2, 0) is 17.6 Å². The first-order chi connectivity index (χ1) is 12.8. The highest BCUT2D eigenvalue weighted by Gasteiger charge is 2.32. The summed E-state index contributed by atoms with van der Waals surface area (Å²) in [6, 6.07) is 5.67. The van der Waals surface area contributed by atoms with Crippen molar-refractivity contribution in [1.82, 2.24) is 10.4 Å². The van der Waals surface area contributed by atoms with Crippen molar-refractivity contribution in [2.75, 3.05) is 13.1 Å². The maximum Gasteiger partial charge on any atom is 0.410 e. The molecule has 0 spiro atoms. The zero-order valence-corrected chi connectivity index (χ0v) is 16.5. The standard InChI is InChI=1S/C21H30N2O4/c1-21(2,3)27-20(25)23-10-8-15(9-11-23)16-6-4-14-5-7-17(19(24)22-26)13-18(14)12-16/h5,7,13,15-16,26H,4,6,8-12H2,1-3H3,(H,22,24). The molecule has 1 heterocycles. The molecule has 1 saturated heterocycles. The molecule has 0 bridgehead atoms. The van der Waals surface area contributed by atoms with E-state index in [4.69, 9.17) is 9.94 Å². The van der Waals surface area contributed by atoms with E-state index in [0.29, 0.717) is 17.4 Å². The van der Waals surface area contributed by atoms with E-state index in [9.17, 15) is 9.59 Å². The van der Waals surface area contributed by atoms with E-state index in [2.05, 4.69) is 0 Å². The second-order valence-electron chi connectivity index (χ2n) is 8.73. The van der Waals surface area contributed by atoms with Crippen LogP contribution in [0.4, 0.5) is 4.79 Å². The maximum absolute atomic E-state index is 12.2. The summed E-state index contributed by atoms with van der Waals surface area (Å²) in [6.07, 6.45) is 4.91. The Balaban J connectivity index is 1.59. The zero-order chi connectivity index (χ0) is 19.6. The quantitative estimate of drug-likeness (QED) is 0.613. The van der Waals surface area contributed by atoms with E-state index in [0.717, 1.165) is 45.2 Å². The first-order valence-corrected chi connectivity index (χ1v) is 9.81. The highest BCUT2D eigenvalue weighted by atomic mass is 16.6. The molecule has 1 aromatic carbocycles. The van der Waals surface area contributed by atoms with Gasteiger partial charge in [0.25, 0.3) is 5.91 Å². The van der Waals surface area contributed by atoms with Crippen LogP contribution in [-0.4, -0.2) is 40.8 Å². The Morgan fingerprint density at radius 3 is 2.44 bits per heavy atom. The number of amides is 2. The Morgan fingerprint density at radius 1 is 1.11 bits per heavy atom. The van der Waals surface area contributed by atoms with Crippen LogP contribution in [0, 0.1) is 11.8 Å². The van der Waals surface area contributed by atoms with Crippen molar-refractivity contribution in [3.8, 4) is 0 Å². The van der Waals surface area contributed by atoms with Gasteiger partial charge in [-0.3, -0.25) is 10.0 Å². The van der Waals surface area contributed by atoms with Crippen molar-refractivity contribution in [1.29, 1.82) is 0 Å². The smallest absolute Gasteiger partial charge is 0.410 e. The third kappa shape index (κ3) is 4.80. The van der Waals surface area contributed by atoms with Gasteiger partial charge in [-0.15, -0.1) is 0 Å². The Morgan fingerprint density at radius 2 is 1.81 bits per heavy atom. The van der Waals surface area contributed by atoms with Crippen molar-refractivity contribution >= 4 is 12.0 Å². The predicted molar refractivity (Wildman–Crippen MR) is 102 cm³/mol. The summed E-state index contributed by atoms with van der Waals surface area (Å²) in [4.78, 5) is 25.7. The second-order valence-corrected chi connectivity index (χ2v) is 8.73. The molecular formula is C21H30N2O4. The Hall–Kier alpha value is -2.08. The van der Waals surface area contributed by atoms with Crippen molar-refractivity contribution < 1.29 is 19.5 Å². The number of nitrogens with zero attached hydrogens (tertiary/aromatic N) is 1.